The van der Waals surface area contributed by atoms with Crippen molar-refractivity contribution in [2.75, 3.05) is 13.1 Å². The normalized spacial score (nSPS) is 21.9. The Morgan fingerprint density at radius 1 is 1.53 bits per heavy atom. The Kier molecular flexibility index (Phi) is 3.29. The molecule has 1 aromatic rings. The lowest BCUT2D eigenvalue weighted by Crippen LogP contribution is -2.29. The first kappa shape index (κ1) is 12.6. The topological polar surface area (TPSA) is 70.2 Å². The van der Waals surface area contributed by atoms with Crippen LogP contribution >= 0.6 is 11.6 Å². The molecule has 1 aliphatic rings. The van der Waals surface area contributed by atoms with Gasteiger partial charge in [0.1, 0.15) is 5.02 Å². The Hall–Kier alpha value is -0.850. The van der Waals surface area contributed by atoms with Gasteiger partial charge in [0.15, 0.2) is 0 Å². The van der Waals surface area contributed by atoms with Crippen LogP contribution in [0.4, 0.5) is 0 Å². The first-order valence-electron chi connectivity index (χ1n) is 5.29. The number of hydrogen-bond acceptors (Lipinski definition) is 3. The molecule has 0 aromatic carbocycles. The summed E-state index contributed by atoms with van der Waals surface area (Å²) in [6, 6.07) is 1.19. The average Bonchev–Trinajstić information content (AvgIpc) is 2.69. The van der Waals surface area contributed by atoms with E-state index in [0.717, 1.165) is 6.42 Å². The van der Waals surface area contributed by atoms with Gasteiger partial charge in [-0.2, -0.15) is 4.31 Å². The molecule has 0 aliphatic carbocycles. The average molecular weight is 277 g/mol. The summed E-state index contributed by atoms with van der Waals surface area (Å²) in [6.45, 7) is 3.04. The van der Waals surface area contributed by atoms with Gasteiger partial charge < -0.3 is 4.98 Å². The molecule has 1 aromatic heterocycles. The van der Waals surface area contributed by atoms with E-state index < -0.39 is 15.6 Å². The molecule has 1 unspecified atom stereocenters. The highest BCUT2D eigenvalue weighted by molar-refractivity contribution is 7.89. The maximum absolute atomic E-state index is 12.2. The highest BCUT2D eigenvalue weighted by Crippen LogP contribution is 2.23. The summed E-state index contributed by atoms with van der Waals surface area (Å²) in [6.07, 6.45) is 2.04. The molecule has 0 amide bonds. The number of nitrogens with one attached hydrogen (secondary N) is 1. The number of pyridine rings is 1. The SMILES string of the molecule is CC1CCN(S(=O)(=O)c2c[nH]c(=O)c(Cl)c2)C1. The van der Waals surface area contributed by atoms with Crippen molar-refractivity contribution < 1.29 is 8.42 Å². The second kappa shape index (κ2) is 4.44. The third-order valence-electron chi connectivity index (χ3n) is 2.86. The molecular formula is C10H13ClN2O3S. The van der Waals surface area contributed by atoms with Gasteiger partial charge >= 0.3 is 0 Å². The molecule has 7 heteroatoms. The number of nitrogens with zero attached hydrogens (tertiary/aromatic N) is 1. The van der Waals surface area contributed by atoms with Crippen LogP contribution < -0.4 is 5.56 Å². The van der Waals surface area contributed by atoms with Gasteiger partial charge in [-0.25, -0.2) is 8.42 Å². The van der Waals surface area contributed by atoms with Gasteiger partial charge in [0, 0.05) is 19.3 Å². The van der Waals surface area contributed by atoms with E-state index in [1.165, 1.54) is 16.6 Å². The Balaban J connectivity index is 2.38. The number of halogens is 1. The maximum Gasteiger partial charge on any atom is 0.266 e. The third kappa shape index (κ3) is 2.38. The van der Waals surface area contributed by atoms with E-state index in [1.54, 1.807) is 0 Å². The van der Waals surface area contributed by atoms with Crippen LogP contribution in [0.25, 0.3) is 0 Å². The largest absolute Gasteiger partial charge is 0.326 e. The molecule has 0 bridgehead atoms. The fourth-order valence-corrected chi connectivity index (χ4v) is 3.65. The summed E-state index contributed by atoms with van der Waals surface area (Å²) in [5.74, 6) is 0.364. The van der Waals surface area contributed by atoms with Crippen LogP contribution in [0.5, 0.6) is 0 Å². The lowest BCUT2D eigenvalue weighted by Gasteiger charge is -2.15. The molecule has 2 heterocycles. The molecule has 0 spiro atoms. The molecule has 0 radical (unpaired) electrons. The first-order valence-corrected chi connectivity index (χ1v) is 7.11. The fourth-order valence-electron chi connectivity index (χ4n) is 1.85. The van der Waals surface area contributed by atoms with Crippen molar-refractivity contribution in [3.8, 4) is 0 Å². The van der Waals surface area contributed by atoms with Crippen molar-refractivity contribution in [3.05, 3.63) is 27.6 Å². The predicted molar refractivity (Wildman–Crippen MR) is 64.6 cm³/mol. The minimum atomic E-state index is -3.53. The number of aromatic amines is 1. The summed E-state index contributed by atoms with van der Waals surface area (Å²) < 4.78 is 25.8. The maximum atomic E-state index is 12.2. The van der Waals surface area contributed by atoms with Gasteiger partial charge in [0.25, 0.3) is 5.56 Å². The Bertz CT molecular complexity index is 581. The van der Waals surface area contributed by atoms with Gasteiger partial charge in [-0.3, -0.25) is 4.79 Å². The molecule has 5 nitrogen and oxygen atoms in total. The lowest BCUT2D eigenvalue weighted by atomic mass is 10.2. The summed E-state index contributed by atoms with van der Waals surface area (Å²) in [5.41, 5.74) is -0.486. The van der Waals surface area contributed by atoms with Crippen molar-refractivity contribution in [2.45, 2.75) is 18.2 Å². The summed E-state index contributed by atoms with van der Waals surface area (Å²) in [7, 11) is -3.53. The minimum absolute atomic E-state index is 0.0381. The van der Waals surface area contributed by atoms with Crippen LogP contribution in [-0.2, 0) is 10.0 Å². The molecule has 17 heavy (non-hydrogen) atoms. The van der Waals surface area contributed by atoms with Gasteiger partial charge in [0.2, 0.25) is 10.0 Å². The zero-order valence-corrected chi connectivity index (χ0v) is 10.9. The molecule has 94 valence electrons. The van der Waals surface area contributed by atoms with Gasteiger partial charge in [-0.1, -0.05) is 18.5 Å². The molecule has 1 atom stereocenters. The highest BCUT2D eigenvalue weighted by Gasteiger charge is 2.30. The van der Waals surface area contributed by atoms with Crippen molar-refractivity contribution >= 4 is 21.6 Å². The lowest BCUT2D eigenvalue weighted by molar-refractivity contribution is 0.464. The minimum Gasteiger partial charge on any atom is -0.326 e. The van der Waals surface area contributed by atoms with E-state index in [9.17, 15) is 13.2 Å². The van der Waals surface area contributed by atoms with Crippen molar-refractivity contribution in [1.82, 2.24) is 9.29 Å². The van der Waals surface area contributed by atoms with Gasteiger partial charge in [-0.15, -0.1) is 0 Å². The Morgan fingerprint density at radius 2 is 2.24 bits per heavy atom. The van der Waals surface area contributed by atoms with Crippen molar-refractivity contribution in [2.24, 2.45) is 5.92 Å². The number of aromatic nitrogens is 1. The second-order valence-electron chi connectivity index (χ2n) is 4.27. The van der Waals surface area contributed by atoms with E-state index >= 15 is 0 Å². The molecule has 1 aliphatic heterocycles. The van der Waals surface area contributed by atoms with Crippen LogP contribution in [-0.4, -0.2) is 30.8 Å². The van der Waals surface area contributed by atoms with Crippen molar-refractivity contribution in [1.29, 1.82) is 0 Å². The number of hydrogen-bond donors (Lipinski definition) is 1. The summed E-state index contributed by atoms with van der Waals surface area (Å²) in [5, 5.41) is -0.113. The number of sulfonamides is 1. The molecule has 1 fully saturated rings. The summed E-state index contributed by atoms with van der Waals surface area (Å²) >= 11 is 5.63. The number of rotatable bonds is 2. The van der Waals surface area contributed by atoms with E-state index in [-0.39, 0.29) is 9.92 Å². The Labute approximate surface area is 104 Å². The van der Waals surface area contributed by atoms with Crippen LogP contribution in [0, 0.1) is 5.92 Å². The predicted octanol–water partition coefficient (Wildman–Crippen LogP) is 1.06. The highest BCUT2D eigenvalue weighted by atomic mass is 35.5. The molecule has 1 N–H and O–H groups in total. The zero-order chi connectivity index (χ0) is 12.6. The number of H-pyrrole nitrogens is 1. The van der Waals surface area contributed by atoms with Gasteiger partial charge in [-0.05, 0) is 18.4 Å². The smallest absolute Gasteiger partial charge is 0.266 e. The van der Waals surface area contributed by atoms with E-state index in [1.807, 2.05) is 6.92 Å². The molecule has 0 saturated carbocycles. The molecule has 1 saturated heterocycles. The summed E-state index contributed by atoms with van der Waals surface area (Å²) in [4.78, 5) is 13.4. The third-order valence-corrected chi connectivity index (χ3v) is 4.98. The van der Waals surface area contributed by atoms with Crippen LogP contribution in [0.3, 0.4) is 0 Å². The quantitative estimate of drug-likeness (QED) is 0.878. The first-order chi connectivity index (χ1) is 7.91. The van der Waals surface area contributed by atoms with Crippen LogP contribution in [0.1, 0.15) is 13.3 Å². The van der Waals surface area contributed by atoms with Crippen LogP contribution in [0.15, 0.2) is 22.0 Å². The Morgan fingerprint density at radius 3 is 2.76 bits per heavy atom. The fraction of sp³-hybridized carbons (Fsp3) is 0.500. The van der Waals surface area contributed by atoms with Gasteiger partial charge in [0.05, 0.1) is 4.90 Å². The monoisotopic (exact) mass is 276 g/mol. The van der Waals surface area contributed by atoms with E-state index in [0.29, 0.717) is 19.0 Å². The van der Waals surface area contributed by atoms with Crippen LogP contribution in [0.2, 0.25) is 5.02 Å². The van der Waals surface area contributed by atoms with Crippen molar-refractivity contribution in [3.63, 3.8) is 0 Å². The standard InChI is InChI=1S/C10H13ClN2O3S/c1-7-2-3-13(6-7)17(15,16)8-4-9(11)10(14)12-5-8/h4-5,7H,2-3,6H2,1H3,(H,12,14). The van der Waals surface area contributed by atoms with E-state index in [4.69, 9.17) is 11.6 Å². The van der Waals surface area contributed by atoms with E-state index in [2.05, 4.69) is 4.98 Å². The molecular weight excluding hydrogens is 264 g/mol. The second-order valence-corrected chi connectivity index (χ2v) is 6.61. The molecule has 2 rings (SSSR count). The zero-order valence-electron chi connectivity index (χ0n) is 9.31.